The Bertz CT molecular complexity index is 333. The van der Waals surface area contributed by atoms with Gasteiger partial charge in [-0.3, -0.25) is 0 Å². The zero-order chi connectivity index (χ0) is 24.2. The van der Waals surface area contributed by atoms with E-state index in [1.807, 2.05) is 0 Å². The van der Waals surface area contributed by atoms with Crippen LogP contribution in [0.3, 0.4) is 0 Å². The number of rotatable bonds is 28. The van der Waals surface area contributed by atoms with Gasteiger partial charge in [-0.1, -0.05) is 201 Å². The highest BCUT2D eigenvalue weighted by Crippen LogP contribution is 2.20. The summed E-state index contributed by atoms with van der Waals surface area (Å²) in [7, 11) is 0. The Hall–Kier alpha value is 0. The molecule has 0 saturated carbocycles. The SMILES string of the molecule is CCCCCCCCCCCCCCCCCCC(C)CCCCCCCCCC(C)CC. The Morgan fingerprint density at radius 1 is 0.303 bits per heavy atom. The van der Waals surface area contributed by atoms with Gasteiger partial charge in [-0.15, -0.1) is 0 Å². The monoisotopic (exact) mass is 465 g/mol. The van der Waals surface area contributed by atoms with Crippen molar-refractivity contribution in [1.29, 1.82) is 0 Å². The highest BCUT2D eigenvalue weighted by atomic mass is 14.1. The number of unbranched alkanes of at least 4 members (excludes halogenated alkanes) is 21. The first-order valence-corrected chi connectivity index (χ1v) is 16.2. The summed E-state index contributed by atoms with van der Waals surface area (Å²) in [5.74, 6) is 1.91. The van der Waals surface area contributed by atoms with Crippen molar-refractivity contribution in [2.75, 3.05) is 0 Å². The molecule has 0 amide bonds. The van der Waals surface area contributed by atoms with Gasteiger partial charge in [-0.2, -0.15) is 0 Å². The van der Waals surface area contributed by atoms with E-state index in [-0.39, 0.29) is 0 Å². The first kappa shape index (κ1) is 33.0. The Morgan fingerprint density at radius 2 is 0.545 bits per heavy atom. The minimum atomic E-state index is 0.945. The molecule has 0 aliphatic rings. The molecule has 0 fully saturated rings. The van der Waals surface area contributed by atoms with Crippen molar-refractivity contribution in [2.24, 2.45) is 11.8 Å². The van der Waals surface area contributed by atoms with Gasteiger partial charge >= 0.3 is 0 Å². The lowest BCUT2D eigenvalue weighted by molar-refractivity contribution is 0.428. The molecule has 0 bridgehead atoms. The van der Waals surface area contributed by atoms with E-state index in [9.17, 15) is 0 Å². The van der Waals surface area contributed by atoms with Crippen molar-refractivity contribution in [1.82, 2.24) is 0 Å². The molecule has 0 aliphatic carbocycles. The molecule has 0 spiro atoms. The van der Waals surface area contributed by atoms with Gasteiger partial charge in [0.15, 0.2) is 0 Å². The fourth-order valence-corrected chi connectivity index (χ4v) is 5.26. The normalized spacial score (nSPS) is 13.5. The van der Waals surface area contributed by atoms with Crippen molar-refractivity contribution < 1.29 is 0 Å². The summed E-state index contributed by atoms with van der Waals surface area (Å²) in [6.07, 6.45) is 39.7. The van der Waals surface area contributed by atoms with Crippen LogP contribution in [0.2, 0.25) is 0 Å². The Kier molecular flexibility index (Phi) is 28.2. The fraction of sp³-hybridized carbons (Fsp3) is 1.00. The van der Waals surface area contributed by atoms with Gasteiger partial charge in [0.1, 0.15) is 0 Å². The van der Waals surface area contributed by atoms with Crippen molar-refractivity contribution in [3.63, 3.8) is 0 Å². The Balaban J connectivity index is 3.15. The van der Waals surface area contributed by atoms with Crippen LogP contribution in [0, 0.1) is 11.8 Å². The second-order valence-corrected chi connectivity index (χ2v) is 11.8. The molecule has 2 atom stereocenters. The topological polar surface area (TPSA) is 0 Å². The molecular formula is C33H68. The Labute approximate surface area is 212 Å². The van der Waals surface area contributed by atoms with Crippen LogP contribution in [0.4, 0.5) is 0 Å². The van der Waals surface area contributed by atoms with Crippen molar-refractivity contribution in [2.45, 2.75) is 201 Å². The first-order valence-electron chi connectivity index (χ1n) is 16.2. The molecule has 0 aromatic carbocycles. The second kappa shape index (κ2) is 28.2. The molecule has 33 heavy (non-hydrogen) atoms. The molecule has 2 unspecified atom stereocenters. The summed E-state index contributed by atoms with van der Waals surface area (Å²) in [5, 5.41) is 0. The van der Waals surface area contributed by atoms with E-state index in [2.05, 4.69) is 27.7 Å². The second-order valence-electron chi connectivity index (χ2n) is 11.8. The molecule has 0 nitrogen and oxygen atoms in total. The van der Waals surface area contributed by atoms with Gasteiger partial charge in [-0.25, -0.2) is 0 Å². The minimum absolute atomic E-state index is 0.945. The zero-order valence-corrected chi connectivity index (χ0v) is 24.2. The molecule has 0 aliphatic heterocycles. The van der Waals surface area contributed by atoms with E-state index in [0.29, 0.717) is 0 Å². The van der Waals surface area contributed by atoms with Crippen LogP contribution in [0.25, 0.3) is 0 Å². The van der Waals surface area contributed by atoms with Crippen molar-refractivity contribution >= 4 is 0 Å². The predicted octanol–water partition coefficient (Wildman–Crippen LogP) is 12.8. The summed E-state index contributed by atoms with van der Waals surface area (Å²) in [4.78, 5) is 0. The fourth-order valence-electron chi connectivity index (χ4n) is 5.26. The molecule has 0 heterocycles. The van der Waals surface area contributed by atoms with Crippen LogP contribution >= 0.6 is 0 Å². The number of hydrogen-bond donors (Lipinski definition) is 0. The molecule has 0 saturated heterocycles. The van der Waals surface area contributed by atoms with Gasteiger partial charge in [0, 0.05) is 0 Å². The lowest BCUT2D eigenvalue weighted by Gasteiger charge is -2.11. The third kappa shape index (κ3) is 28.1. The standard InChI is InChI=1S/C33H68/c1-5-7-8-9-10-11-12-13-14-15-16-17-18-20-24-27-30-33(4)31-28-25-22-19-21-23-26-29-32(3)6-2/h32-33H,5-31H2,1-4H3. The molecule has 0 radical (unpaired) electrons. The summed E-state index contributed by atoms with van der Waals surface area (Å²) in [6.45, 7) is 9.54. The molecule has 0 aromatic rings. The van der Waals surface area contributed by atoms with E-state index in [1.54, 1.807) is 0 Å². The summed E-state index contributed by atoms with van der Waals surface area (Å²) < 4.78 is 0. The molecule has 0 rings (SSSR count). The van der Waals surface area contributed by atoms with Crippen LogP contribution in [0.15, 0.2) is 0 Å². The summed E-state index contributed by atoms with van der Waals surface area (Å²) >= 11 is 0. The maximum atomic E-state index is 2.50. The third-order valence-electron chi connectivity index (χ3n) is 8.14. The van der Waals surface area contributed by atoms with Gasteiger partial charge in [0.25, 0.3) is 0 Å². The molecule has 0 N–H and O–H groups in total. The van der Waals surface area contributed by atoms with Crippen molar-refractivity contribution in [3.8, 4) is 0 Å². The summed E-state index contributed by atoms with van der Waals surface area (Å²) in [5.41, 5.74) is 0. The molecule has 200 valence electrons. The average Bonchev–Trinajstić information content (AvgIpc) is 2.82. The minimum Gasteiger partial charge on any atom is -0.0654 e. The third-order valence-corrected chi connectivity index (χ3v) is 8.14. The van der Waals surface area contributed by atoms with Crippen LogP contribution in [-0.4, -0.2) is 0 Å². The molecule has 0 aromatic heterocycles. The quantitative estimate of drug-likeness (QED) is 0.101. The van der Waals surface area contributed by atoms with E-state index in [4.69, 9.17) is 0 Å². The first-order chi connectivity index (χ1) is 16.2. The van der Waals surface area contributed by atoms with Gasteiger partial charge in [-0.05, 0) is 11.8 Å². The van der Waals surface area contributed by atoms with Crippen LogP contribution < -0.4 is 0 Å². The van der Waals surface area contributed by atoms with E-state index in [0.717, 1.165) is 11.8 Å². The zero-order valence-electron chi connectivity index (χ0n) is 24.2. The lowest BCUT2D eigenvalue weighted by atomic mass is 9.95. The predicted molar refractivity (Wildman–Crippen MR) is 154 cm³/mol. The highest BCUT2D eigenvalue weighted by Gasteiger charge is 2.03. The van der Waals surface area contributed by atoms with E-state index < -0.39 is 0 Å². The van der Waals surface area contributed by atoms with Crippen molar-refractivity contribution in [3.05, 3.63) is 0 Å². The molecular weight excluding hydrogens is 396 g/mol. The number of hydrogen-bond acceptors (Lipinski definition) is 0. The average molecular weight is 465 g/mol. The van der Waals surface area contributed by atoms with E-state index >= 15 is 0 Å². The highest BCUT2D eigenvalue weighted by molar-refractivity contribution is 4.57. The maximum Gasteiger partial charge on any atom is -0.0443 e. The van der Waals surface area contributed by atoms with Gasteiger partial charge < -0.3 is 0 Å². The van der Waals surface area contributed by atoms with Crippen LogP contribution in [0.5, 0.6) is 0 Å². The summed E-state index contributed by atoms with van der Waals surface area (Å²) in [6, 6.07) is 0. The lowest BCUT2D eigenvalue weighted by Crippen LogP contribution is -1.95. The smallest absolute Gasteiger partial charge is 0.0443 e. The Morgan fingerprint density at radius 3 is 0.818 bits per heavy atom. The molecule has 0 heteroatoms. The van der Waals surface area contributed by atoms with Gasteiger partial charge in [0.05, 0.1) is 0 Å². The van der Waals surface area contributed by atoms with Gasteiger partial charge in [0.2, 0.25) is 0 Å². The largest absolute Gasteiger partial charge is 0.0654 e. The van der Waals surface area contributed by atoms with Crippen LogP contribution in [-0.2, 0) is 0 Å². The maximum absolute atomic E-state index is 2.50. The van der Waals surface area contributed by atoms with E-state index in [1.165, 1.54) is 173 Å². The van der Waals surface area contributed by atoms with Crippen LogP contribution in [0.1, 0.15) is 201 Å².